The number of nitrogen functional groups attached to an aromatic ring is 1. The Hall–Kier alpha value is -3.87. The molecule has 7 nitrogen and oxygen atoms in total. The zero-order chi connectivity index (χ0) is 27.6. The van der Waals surface area contributed by atoms with Crippen LogP contribution in [0.2, 0.25) is 5.02 Å². The number of hydrogen-bond donors (Lipinski definition) is 2. The van der Waals surface area contributed by atoms with Crippen molar-refractivity contribution in [1.82, 2.24) is 19.4 Å². The quantitative estimate of drug-likeness (QED) is 0.315. The molecule has 1 unspecified atom stereocenters. The highest BCUT2D eigenvalue weighted by Crippen LogP contribution is 2.46. The van der Waals surface area contributed by atoms with E-state index >= 15 is 0 Å². The molecule has 0 spiro atoms. The minimum Gasteiger partial charge on any atom is -0.383 e. The average molecular weight is 555 g/mol. The van der Waals surface area contributed by atoms with Gasteiger partial charge in [-0.3, -0.25) is 4.79 Å². The second-order valence-electron chi connectivity index (χ2n) is 8.90. The standard InChI is InChI=1S/C24H17ClF6N6O/c1-22(12-4-2-3-5-13(12)26)16-18(32)34-20(35-19(16)36-21(22)38)17-14-7-6-11(25)10-37(14)15(33-17)8-9-23(27,28)24(29,30)31/h2-7,10H,8-9H2,1H3,(H3,32,34,35,36,38). The number of nitrogens with one attached hydrogen (secondary N) is 1. The minimum atomic E-state index is -5.72. The minimum absolute atomic E-state index is 0.00948. The summed E-state index contributed by atoms with van der Waals surface area (Å²) in [6, 6.07) is 8.59. The van der Waals surface area contributed by atoms with Gasteiger partial charge in [-0.15, -0.1) is 0 Å². The molecule has 4 aromatic rings. The number of hydrogen-bond acceptors (Lipinski definition) is 5. The summed E-state index contributed by atoms with van der Waals surface area (Å²) in [5.74, 6) is -6.64. The number of carbonyl (C=O) groups excluding carboxylic acids is 1. The van der Waals surface area contributed by atoms with E-state index in [1.54, 1.807) is 6.07 Å². The van der Waals surface area contributed by atoms with Gasteiger partial charge in [0.25, 0.3) is 0 Å². The molecular formula is C24H17ClF6N6O. The lowest BCUT2D eigenvalue weighted by Gasteiger charge is -2.23. The lowest BCUT2D eigenvalue weighted by molar-refractivity contribution is -0.284. The molecular weight excluding hydrogens is 538 g/mol. The first-order chi connectivity index (χ1) is 17.7. The van der Waals surface area contributed by atoms with Gasteiger partial charge in [0.1, 0.15) is 34.4 Å². The molecule has 5 rings (SSSR count). The summed E-state index contributed by atoms with van der Waals surface area (Å²) >= 11 is 6.02. The summed E-state index contributed by atoms with van der Waals surface area (Å²) < 4.78 is 81.3. The first kappa shape index (κ1) is 25.8. The summed E-state index contributed by atoms with van der Waals surface area (Å²) in [6.45, 7) is 1.47. The van der Waals surface area contributed by atoms with E-state index in [0.717, 1.165) is 0 Å². The zero-order valence-electron chi connectivity index (χ0n) is 19.4. The molecule has 1 amide bonds. The van der Waals surface area contributed by atoms with E-state index in [2.05, 4.69) is 20.3 Å². The van der Waals surface area contributed by atoms with E-state index in [1.165, 1.54) is 47.9 Å². The molecule has 0 fully saturated rings. The smallest absolute Gasteiger partial charge is 0.383 e. The normalized spacial score (nSPS) is 17.6. The molecule has 198 valence electrons. The van der Waals surface area contributed by atoms with Gasteiger partial charge < -0.3 is 15.5 Å². The van der Waals surface area contributed by atoms with Crippen molar-refractivity contribution in [2.45, 2.75) is 37.3 Å². The average Bonchev–Trinajstić information content (AvgIpc) is 3.32. The Labute approximate surface area is 215 Å². The molecule has 4 heterocycles. The SMILES string of the molecule is CC1(c2ccccc2F)C(=O)Nc2nc(-c3nc(CCC(F)(F)C(F)(F)F)n4cc(Cl)ccc34)nc(N)c21. The van der Waals surface area contributed by atoms with E-state index in [-0.39, 0.29) is 50.6 Å². The highest BCUT2D eigenvalue weighted by atomic mass is 35.5. The molecule has 38 heavy (non-hydrogen) atoms. The number of carbonyl (C=O) groups is 1. The second kappa shape index (κ2) is 8.58. The Balaban J connectivity index is 1.62. The van der Waals surface area contributed by atoms with Crippen LogP contribution >= 0.6 is 11.6 Å². The number of aromatic nitrogens is 4. The van der Waals surface area contributed by atoms with Crippen molar-refractivity contribution in [2.75, 3.05) is 11.1 Å². The summed E-state index contributed by atoms with van der Waals surface area (Å²) in [5, 5.41) is 2.75. The van der Waals surface area contributed by atoms with Gasteiger partial charge in [-0.1, -0.05) is 29.8 Å². The number of rotatable bonds is 5. The molecule has 1 aliphatic heterocycles. The predicted molar refractivity (Wildman–Crippen MR) is 126 cm³/mol. The maximum absolute atomic E-state index is 14.7. The second-order valence-corrected chi connectivity index (χ2v) is 9.33. The fraction of sp³-hybridized carbons (Fsp3) is 0.250. The summed E-state index contributed by atoms with van der Waals surface area (Å²) in [4.78, 5) is 25.8. The number of anilines is 2. The van der Waals surface area contributed by atoms with Gasteiger partial charge in [-0.2, -0.15) is 22.0 Å². The number of fused-ring (bicyclic) bond motifs is 2. The summed E-state index contributed by atoms with van der Waals surface area (Å²) in [7, 11) is 0. The van der Waals surface area contributed by atoms with E-state index in [0.29, 0.717) is 0 Å². The van der Waals surface area contributed by atoms with Gasteiger partial charge in [0.2, 0.25) is 5.91 Å². The van der Waals surface area contributed by atoms with Crippen LogP contribution in [0.5, 0.6) is 0 Å². The van der Waals surface area contributed by atoms with Crippen molar-refractivity contribution in [3.05, 3.63) is 70.4 Å². The van der Waals surface area contributed by atoms with Crippen LogP contribution in [0.15, 0.2) is 42.6 Å². The Bertz CT molecular complexity index is 1600. The van der Waals surface area contributed by atoms with E-state index in [4.69, 9.17) is 17.3 Å². The molecule has 3 N–H and O–H groups in total. The first-order valence-corrected chi connectivity index (χ1v) is 11.5. The number of imidazole rings is 1. The lowest BCUT2D eigenvalue weighted by atomic mass is 9.77. The number of nitrogens with zero attached hydrogens (tertiary/aromatic N) is 4. The fourth-order valence-electron chi connectivity index (χ4n) is 4.51. The van der Waals surface area contributed by atoms with Crippen LogP contribution in [-0.4, -0.2) is 37.4 Å². The highest BCUT2D eigenvalue weighted by molar-refractivity contribution is 6.30. The van der Waals surface area contributed by atoms with Crippen molar-refractivity contribution >= 4 is 34.7 Å². The molecule has 1 aromatic carbocycles. The molecule has 14 heteroatoms. The van der Waals surface area contributed by atoms with Crippen LogP contribution in [0, 0.1) is 5.82 Å². The van der Waals surface area contributed by atoms with Crippen molar-refractivity contribution in [1.29, 1.82) is 0 Å². The van der Waals surface area contributed by atoms with Gasteiger partial charge in [0.05, 0.1) is 16.1 Å². The van der Waals surface area contributed by atoms with Crippen molar-refractivity contribution in [3.8, 4) is 11.5 Å². The summed E-state index contributed by atoms with van der Waals surface area (Å²) in [6.07, 6.45) is -6.72. The molecule has 0 saturated carbocycles. The van der Waals surface area contributed by atoms with Crippen LogP contribution in [0.1, 0.15) is 30.3 Å². The molecule has 0 aliphatic carbocycles. The van der Waals surface area contributed by atoms with E-state index in [1.807, 2.05) is 0 Å². The molecule has 0 bridgehead atoms. The number of pyridine rings is 1. The highest BCUT2D eigenvalue weighted by Gasteiger charge is 2.56. The van der Waals surface area contributed by atoms with Crippen LogP contribution < -0.4 is 11.1 Å². The van der Waals surface area contributed by atoms with Crippen LogP contribution in [0.4, 0.5) is 38.0 Å². The van der Waals surface area contributed by atoms with Crippen molar-refractivity contribution in [3.63, 3.8) is 0 Å². The topological polar surface area (TPSA) is 98.2 Å². The Kier molecular flexibility index (Phi) is 5.82. The molecule has 0 saturated heterocycles. The molecule has 1 aliphatic rings. The molecule has 0 radical (unpaired) electrons. The number of amides is 1. The van der Waals surface area contributed by atoms with Crippen LogP contribution in [0.25, 0.3) is 17.0 Å². The van der Waals surface area contributed by atoms with Crippen LogP contribution in [-0.2, 0) is 16.6 Å². The van der Waals surface area contributed by atoms with Crippen LogP contribution in [0.3, 0.4) is 0 Å². The third-order valence-electron chi connectivity index (χ3n) is 6.50. The number of aryl methyl sites for hydroxylation is 1. The van der Waals surface area contributed by atoms with E-state index < -0.39 is 42.1 Å². The van der Waals surface area contributed by atoms with Gasteiger partial charge in [0.15, 0.2) is 5.82 Å². The zero-order valence-corrected chi connectivity index (χ0v) is 20.1. The van der Waals surface area contributed by atoms with Gasteiger partial charge in [0, 0.05) is 24.6 Å². The lowest BCUT2D eigenvalue weighted by Crippen LogP contribution is -2.36. The number of alkyl halides is 5. The van der Waals surface area contributed by atoms with Crippen molar-refractivity contribution < 1.29 is 31.1 Å². The Morgan fingerprint density at radius 1 is 1.08 bits per heavy atom. The Morgan fingerprint density at radius 2 is 1.79 bits per heavy atom. The van der Waals surface area contributed by atoms with E-state index in [9.17, 15) is 31.1 Å². The van der Waals surface area contributed by atoms with Crippen molar-refractivity contribution in [2.24, 2.45) is 0 Å². The van der Waals surface area contributed by atoms with Gasteiger partial charge in [-0.05, 0) is 25.1 Å². The number of halogens is 7. The number of benzene rings is 1. The van der Waals surface area contributed by atoms with Gasteiger partial charge in [-0.25, -0.2) is 19.3 Å². The summed E-state index contributed by atoms with van der Waals surface area (Å²) in [5.41, 5.74) is 5.12. The predicted octanol–water partition coefficient (Wildman–Crippen LogP) is 5.55. The third-order valence-corrected chi connectivity index (χ3v) is 6.72. The molecule has 3 aromatic heterocycles. The first-order valence-electron chi connectivity index (χ1n) is 11.1. The number of nitrogens with two attached hydrogens (primary N) is 1. The third kappa shape index (κ3) is 3.92. The maximum Gasteiger partial charge on any atom is 0.453 e. The monoisotopic (exact) mass is 554 g/mol. The molecule has 1 atom stereocenters. The maximum atomic E-state index is 14.7. The Morgan fingerprint density at radius 3 is 2.47 bits per heavy atom. The fourth-order valence-corrected chi connectivity index (χ4v) is 4.67. The van der Waals surface area contributed by atoms with Gasteiger partial charge >= 0.3 is 12.1 Å². The largest absolute Gasteiger partial charge is 0.453 e.